The Labute approximate surface area is 177 Å². The molecule has 0 saturated heterocycles. The Kier molecular flexibility index (Phi) is 4.68. The first-order valence-corrected chi connectivity index (χ1v) is 9.78. The van der Waals surface area contributed by atoms with Gasteiger partial charge in [-0.25, -0.2) is 9.48 Å². The van der Waals surface area contributed by atoms with E-state index in [0.29, 0.717) is 16.9 Å². The van der Waals surface area contributed by atoms with E-state index in [1.165, 1.54) is 4.57 Å². The molecule has 0 saturated carbocycles. The summed E-state index contributed by atoms with van der Waals surface area (Å²) in [4.78, 5) is 25.1. The summed E-state index contributed by atoms with van der Waals surface area (Å²) >= 11 is 0. The number of carbonyl (C=O) groups excluding carboxylic acids is 1. The molecule has 7 heteroatoms. The Balaban J connectivity index is 1.49. The molecule has 5 rings (SSSR count). The molecule has 0 atom stereocenters. The molecule has 3 aromatic carbocycles. The van der Waals surface area contributed by atoms with Gasteiger partial charge in [0.15, 0.2) is 5.58 Å². The van der Waals surface area contributed by atoms with E-state index in [-0.39, 0.29) is 12.5 Å². The van der Waals surface area contributed by atoms with Crippen molar-refractivity contribution in [1.29, 1.82) is 0 Å². The molecule has 2 aromatic heterocycles. The maximum absolute atomic E-state index is 12.9. The van der Waals surface area contributed by atoms with Crippen molar-refractivity contribution in [3.05, 3.63) is 102 Å². The number of para-hydroxylation sites is 3. The lowest BCUT2D eigenvalue weighted by molar-refractivity contribution is -0.116. The van der Waals surface area contributed by atoms with E-state index in [4.69, 9.17) is 4.42 Å². The van der Waals surface area contributed by atoms with Crippen LogP contribution in [0, 0.1) is 0 Å². The van der Waals surface area contributed by atoms with Crippen LogP contribution in [0.15, 0.2) is 100 Å². The fraction of sp³-hybridized carbons (Fsp3) is 0.0417. The van der Waals surface area contributed by atoms with Crippen molar-refractivity contribution in [3.8, 4) is 16.9 Å². The number of oxazole rings is 1. The lowest BCUT2D eigenvalue weighted by Gasteiger charge is -2.09. The van der Waals surface area contributed by atoms with E-state index in [1.807, 2.05) is 66.7 Å². The van der Waals surface area contributed by atoms with Crippen LogP contribution in [0.5, 0.6) is 0 Å². The minimum Gasteiger partial charge on any atom is -0.408 e. The highest BCUT2D eigenvalue weighted by molar-refractivity contribution is 5.91. The average Bonchev–Trinajstić information content (AvgIpc) is 3.36. The van der Waals surface area contributed by atoms with E-state index >= 15 is 0 Å². The smallest absolute Gasteiger partial charge is 0.408 e. The molecule has 0 bridgehead atoms. The summed E-state index contributed by atoms with van der Waals surface area (Å²) in [7, 11) is 0. The van der Waals surface area contributed by atoms with Crippen molar-refractivity contribution < 1.29 is 9.21 Å². The molecular weight excluding hydrogens is 392 g/mol. The topological polar surface area (TPSA) is 82.1 Å². The van der Waals surface area contributed by atoms with Crippen LogP contribution in [0.4, 0.5) is 5.82 Å². The number of nitrogens with zero attached hydrogens (tertiary/aromatic N) is 3. The van der Waals surface area contributed by atoms with Crippen molar-refractivity contribution in [2.24, 2.45) is 0 Å². The van der Waals surface area contributed by atoms with Gasteiger partial charge < -0.3 is 9.73 Å². The highest BCUT2D eigenvalue weighted by Gasteiger charge is 2.16. The van der Waals surface area contributed by atoms with E-state index in [0.717, 1.165) is 16.9 Å². The van der Waals surface area contributed by atoms with Gasteiger partial charge in [0.1, 0.15) is 12.4 Å². The number of anilines is 1. The monoisotopic (exact) mass is 410 g/mol. The van der Waals surface area contributed by atoms with E-state index < -0.39 is 5.76 Å². The van der Waals surface area contributed by atoms with Crippen molar-refractivity contribution in [2.45, 2.75) is 6.54 Å². The molecule has 31 heavy (non-hydrogen) atoms. The molecule has 152 valence electrons. The number of benzene rings is 3. The predicted molar refractivity (Wildman–Crippen MR) is 118 cm³/mol. The largest absolute Gasteiger partial charge is 0.420 e. The molecule has 0 aliphatic rings. The summed E-state index contributed by atoms with van der Waals surface area (Å²) in [6.07, 6.45) is 0. The quantitative estimate of drug-likeness (QED) is 0.473. The molecule has 1 N–H and O–H groups in total. The molecule has 0 aliphatic heterocycles. The first-order valence-electron chi connectivity index (χ1n) is 9.78. The highest BCUT2D eigenvalue weighted by Crippen LogP contribution is 2.24. The van der Waals surface area contributed by atoms with E-state index in [9.17, 15) is 9.59 Å². The number of carbonyl (C=O) groups is 1. The molecule has 0 fully saturated rings. The number of amides is 1. The van der Waals surface area contributed by atoms with Crippen LogP contribution in [0.25, 0.3) is 28.0 Å². The summed E-state index contributed by atoms with van der Waals surface area (Å²) in [6, 6.07) is 28.1. The first kappa shape index (κ1) is 18.6. The van der Waals surface area contributed by atoms with Crippen LogP contribution in [-0.2, 0) is 11.3 Å². The number of hydrogen-bond donors (Lipinski definition) is 1. The average molecular weight is 410 g/mol. The van der Waals surface area contributed by atoms with Crippen LogP contribution < -0.4 is 11.1 Å². The molecule has 0 radical (unpaired) electrons. The Bertz CT molecular complexity index is 1420. The lowest BCUT2D eigenvalue weighted by atomic mass is 10.2. The van der Waals surface area contributed by atoms with Gasteiger partial charge in [0.2, 0.25) is 5.91 Å². The van der Waals surface area contributed by atoms with E-state index in [2.05, 4.69) is 10.4 Å². The van der Waals surface area contributed by atoms with Crippen LogP contribution in [-0.4, -0.2) is 20.3 Å². The molecule has 2 heterocycles. The van der Waals surface area contributed by atoms with Gasteiger partial charge in [-0.15, -0.1) is 0 Å². The third-order valence-corrected chi connectivity index (χ3v) is 4.92. The number of aromatic nitrogens is 3. The van der Waals surface area contributed by atoms with Gasteiger partial charge in [-0.2, -0.15) is 5.10 Å². The maximum atomic E-state index is 12.9. The minimum atomic E-state index is -0.571. The summed E-state index contributed by atoms with van der Waals surface area (Å²) in [5.74, 6) is -0.417. The Hall–Kier alpha value is -4.39. The van der Waals surface area contributed by atoms with Crippen LogP contribution in [0.1, 0.15) is 0 Å². The number of nitrogens with one attached hydrogen (secondary N) is 1. The van der Waals surface area contributed by atoms with Gasteiger partial charge in [0.05, 0.1) is 16.9 Å². The molecular formula is C24H18N4O3. The van der Waals surface area contributed by atoms with Crippen molar-refractivity contribution in [3.63, 3.8) is 0 Å². The Morgan fingerprint density at radius 3 is 2.35 bits per heavy atom. The Morgan fingerprint density at radius 2 is 1.58 bits per heavy atom. The number of hydrogen-bond acceptors (Lipinski definition) is 4. The maximum Gasteiger partial charge on any atom is 0.420 e. The second-order valence-electron chi connectivity index (χ2n) is 7.00. The highest BCUT2D eigenvalue weighted by atomic mass is 16.4. The molecule has 5 aromatic rings. The van der Waals surface area contributed by atoms with Gasteiger partial charge in [0, 0.05) is 11.6 Å². The number of rotatable bonds is 5. The van der Waals surface area contributed by atoms with Gasteiger partial charge >= 0.3 is 5.76 Å². The van der Waals surface area contributed by atoms with Gasteiger partial charge in [-0.3, -0.25) is 9.36 Å². The molecule has 0 unspecified atom stereocenters. The third-order valence-electron chi connectivity index (χ3n) is 4.92. The summed E-state index contributed by atoms with van der Waals surface area (Å²) in [5.41, 5.74) is 3.49. The zero-order valence-electron chi connectivity index (χ0n) is 16.4. The predicted octanol–water partition coefficient (Wildman–Crippen LogP) is 4.09. The van der Waals surface area contributed by atoms with Crippen LogP contribution in [0.3, 0.4) is 0 Å². The fourth-order valence-corrected chi connectivity index (χ4v) is 3.48. The fourth-order valence-electron chi connectivity index (χ4n) is 3.48. The van der Waals surface area contributed by atoms with E-state index in [1.54, 1.807) is 28.9 Å². The zero-order valence-corrected chi connectivity index (χ0v) is 16.4. The second-order valence-corrected chi connectivity index (χ2v) is 7.00. The van der Waals surface area contributed by atoms with Gasteiger partial charge in [-0.1, -0.05) is 60.7 Å². The second kappa shape index (κ2) is 7.79. The molecule has 0 spiro atoms. The minimum absolute atomic E-state index is 0.170. The molecule has 0 aliphatic carbocycles. The zero-order chi connectivity index (χ0) is 21.2. The van der Waals surface area contributed by atoms with Crippen molar-refractivity contribution in [1.82, 2.24) is 14.3 Å². The SMILES string of the molecule is O=C(Cn1c(=O)oc2ccccc21)Nc1cc(-c2ccccc2)nn1-c1ccccc1. The standard InChI is InChI=1S/C24H18N4O3/c29-23(16-27-20-13-7-8-14-21(20)31-24(27)30)25-22-15-19(17-9-3-1-4-10-17)26-28(22)18-11-5-2-6-12-18/h1-15H,16H2,(H,25,29). The van der Waals surface area contributed by atoms with Gasteiger partial charge in [-0.05, 0) is 24.3 Å². The van der Waals surface area contributed by atoms with Gasteiger partial charge in [0.25, 0.3) is 0 Å². The van der Waals surface area contributed by atoms with Crippen LogP contribution in [0.2, 0.25) is 0 Å². The summed E-state index contributed by atoms with van der Waals surface area (Å²) < 4.78 is 8.20. The normalized spacial score (nSPS) is 11.0. The summed E-state index contributed by atoms with van der Waals surface area (Å²) in [6.45, 7) is -0.170. The molecule has 1 amide bonds. The summed E-state index contributed by atoms with van der Waals surface area (Å²) in [5, 5.41) is 7.57. The van der Waals surface area contributed by atoms with Crippen molar-refractivity contribution in [2.75, 3.05) is 5.32 Å². The number of fused-ring (bicyclic) bond motifs is 1. The third kappa shape index (κ3) is 3.64. The Morgan fingerprint density at radius 1 is 0.903 bits per heavy atom. The molecule has 7 nitrogen and oxygen atoms in total. The van der Waals surface area contributed by atoms with Crippen molar-refractivity contribution >= 4 is 22.8 Å². The first-order chi connectivity index (χ1) is 15.2. The lowest BCUT2D eigenvalue weighted by Crippen LogP contribution is -2.25. The van der Waals surface area contributed by atoms with Crippen LogP contribution >= 0.6 is 0 Å².